The first-order valence-electron chi connectivity index (χ1n) is 12.3. The highest BCUT2D eigenvalue weighted by Crippen LogP contribution is 2.45. The fourth-order valence-electron chi connectivity index (χ4n) is 4.94. The number of phenols is 1. The number of aryl methyl sites for hydroxylation is 2. The number of alkyl halides is 3. The van der Waals surface area contributed by atoms with Crippen molar-refractivity contribution in [2.75, 3.05) is 16.3 Å². The van der Waals surface area contributed by atoms with Crippen LogP contribution in [0.25, 0.3) is 11.1 Å². The van der Waals surface area contributed by atoms with Gasteiger partial charge in [0.2, 0.25) is 11.8 Å². The van der Waals surface area contributed by atoms with Crippen LogP contribution in [0.1, 0.15) is 29.5 Å². The largest absolute Gasteiger partial charge is 0.507 e. The van der Waals surface area contributed by atoms with Crippen molar-refractivity contribution < 1.29 is 27.9 Å². The molecule has 1 aliphatic rings. The molecule has 2 heterocycles. The maximum atomic E-state index is 14.3. The second-order valence-corrected chi connectivity index (χ2v) is 9.36. The number of nitrogens with zero attached hydrogens (tertiary/aromatic N) is 4. The zero-order chi connectivity index (χ0) is 28.1. The lowest BCUT2D eigenvalue weighted by Gasteiger charge is -2.26. The van der Waals surface area contributed by atoms with Crippen molar-refractivity contribution in [1.29, 1.82) is 0 Å². The first-order valence-corrected chi connectivity index (χ1v) is 12.3. The van der Waals surface area contributed by atoms with Crippen molar-refractivity contribution in [3.8, 4) is 16.9 Å². The molecule has 2 amide bonds. The lowest BCUT2D eigenvalue weighted by molar-refractivity contribution is -0.137. The number of phenolic OH excluding ortho intramolecular Hbond substituents is 1. The van der Waals surface area contributed by atoms with Gasteiger partial charge >= 0.3 is 6.18 Å². The Hall–Kier alpha value is -4.60. The van der Waals surface area contributed by atoms with Gasteiger partial charge in [0.05, 0.1) is 23.1 Å². The minimum atomic E-state index is -4.65. The quantitative estimate of drug-likeness (QED) is 0.329. The lowest BCUT2D eigenvalue weighted by atomic mass is 9.91. The van der Waals surface area contributed by atoms with Gasteiger partial charge in [0.25, 0.3) is 0 Å². The van der Waals surface area contributed by atoms with Gasteiger partial charge in [-0.1, -0.05) is 24.3 Å². The molecular formula is C29H25F3N4O3. The summed E-state index contributed by atoms with van der Waals surface area (Å²) >= 11 is 0. The molecule has 5 rings (SSSR count). The number of hydrogen-bond acceptors (Lipinski definition) is 4. The van der Waals surface area contributed by atoms with Crippen LogP contribution in [0.15, 0.2) is 73.1 Å². The Bertz CT molecular complexity index is 1580. The number of hydrogen-bond donors (Lipinski definition) is 1. The van der Waals surface area contributed by atoms with Gasteiger partial charge in [-0.2, -0.15) is 18.3 Å². The number of amides is 2. The van der Waals surface area contributed by atoms with Crippen molar-refractivity contribution in [1.82, 2.24) is 9.78 Å². The summed E-state index contributed by atoms with van der Waals surface area (Å²) in [5, 5.41) is 15.0. The highest BCUT2D eigenvalue weighted by Gasteiger charge is 2.43. The van der Waals surface area contributed by atoms with Gasteiger partial charge in [0.1, 0.15) is 11.7 Å². The van der Waals surface area contributed by atoms with E-state index in [4.69, 9.17) is 0 Å². The molecule has 0 spiro atoms. The fraction of sp³-hybridized carbons (Fsp3) is 0.207. The number of aromatic hydroxyl groups is 1. The van der Waals surface area contributed by atoms with Gasteiger partial charge in [0.15, 0.2) is 0 Å². The Morgan fingerprint density at radius 3 is 2.31 bits per heavy atom. The predicted molar refractivity (Wildman–Crippen MR) is 141 cm³/mol. The number of carbonyl (C=O) groups excluding carboxylic acids is 2. The summed E-state index contributed by atoms with van der Waals surface area (Å²) < 4.78 is 42.8. The van der Waals surface area contributed by atoms with Crippen LogP contribution in [0.2, 0.25) is 0 Å². The monoisotopic (exact) mass is 534 g/mol. The molecule has 1 aromatic heterocycles. The second kappa shape index (κ2) is 9.61. The maximum absolute atomic E-state index is 14.3. The predicted octanol–water partition coefficient (Wildman–Crippen LogP) is 5.93. The van der Waals surface area contributed by atoms with Crippen molar-refractivity contribution in [3.05, 3.63) is 89.7 Å². The SMILES string of the molecule is CCN1C(=O)C(c2cc(C)c(O)c(-c3cnn(C)c3)c2)C(=O)N(c2ccccc2)c2cc(C(F)(F)F)ccc21. The summed E-state index contributed by atoms with van der Waals surface area (Å²) in [4.78, 5) is 30.8. The van der Waals surface area contributed by atoms with Gasteiger partial charge < -0.3 is 10.0 Å². The molecule has 7 nitrogen and oxygen atoms in total. The Morgan fingerprint density at radius 2 is 1.69 bits per heavy atom. The van der Waals surface area contributed by atoms with E-state index < -0.39 is 29.5 Å². The van der Waals surface area contributed by atoms with Gasteiger partial charge in [-0.05, 0) is 61.4 Å². The zero-order valence-corrected chi connectivity index (χ0v) is 21.4. The molecule has 1 atom stereocenters. The number of para-hydroxylation sites is 1. The Labute approximate surface area is 222 Å². The molecule has 200 valence electrons. The normalized spacial score (nSPS) is 15.9. The van der Waals surface area contributed by atoms with E-state index in [2.05, 4.69) is 5.10 Å². The summed E-state index contributed by atoms with van der Waals surface area (Å²) in [6.07, 6.45) is -1.41. The average molecular weight is 535 g/mol. The number of anilines is 3. The molecule has 0 fully saturated rings. The van der Waals surface area contributed by atoms with E-state index in [1.165, 1.54) is 15.9 Å². The molecule has 10 heteroatoms. The molecule has 0 saturated carbocycles. The van der Waals surface area contributed by atoms with E-state index in [1.54, 1.807) is 80.4 Å². The number of likely N-dealkylation sites (N-methyl/N-ethyl adjacent to an activating group) is 1. The van der Waals surface area contributed by atoms with Crippen LogP contribution >= 0.6 is 0 Å². The van der Waals surface area contributed by atoms with Crippen LogP contribution in [-0.4, -0.2) is 33.2 Å². The number of carbonyl (C=O) groups is 2. The van der Waals surface area contributed by atoms with Gasteiger partial charge in [-0.25, -0.2) is 0 Å². The molecular weight excluding hydrogens is 509 g/mol. The molecule has 3 aromatic carbocycles. The molecule has 1 N–H and O–H groups in total. The highest BCUT2D eigenvalue weighted by molar-refractivity contribution is 6.23. The number of fused-ring (bicyclic) bond motifs is 1. The van der Waals surface area contributed by atoms with E-state index in [0.29, 0.717) is 27.9 Å². The number of rotatable bonds is 4. The van der Waals surface area contributed by atoms with E-state index in [-0.39, 0.29) is 23.7 Å². The van der Waals surface area contributed by atoms with Crippen molar-refractivity contribution >= 4 is 28.9 Å². The molecule has 1 aliphatic heterocycles. The summed E-state index contributed by atoms with van der Waals surface area (Å²) in [5.41, 5.74) is 1.25. The van der Waals surface area contributed by atoms with Crippen LogP contribution in [-0.2, 0) is 22.8 Å². The van der Waals surface area contributed by atoms with Crippen molar-refractivity contribution in [2.45, 2.75) is 25.9 Å². The molecule has 4 aromatic rings. The van der Waals surface area contributed by atoms with Crippen LogP contribution in [0.5, 0.6) is 5.75 Å². The van der Waals surface area contributed by atoms with Gasteiger partial charge in [-0.3, -0.25) is 19.2 Å². The number of aromatic nitrogens is 2. The van der Waals surface area contributed by atoms with E-state index in [1.807, 2.05) is 0 Å². The first kappa shape index (κ1) is 26.0. The molecule has 0 aliphatic carbocycles. The van der Waals surface area contributed by atoms with Crippen LogP contribution in [0.3, 0.4) is 0 Å². The standard InChI is InChI=1S/C29H25F3N4O3/c1-4-35-23-11-10-20(29(30,31)32)14-24(23)36(21-8-6-5-7-9-21)28(39)25(27(35)38)18-12-17(2)26(37)22(13-18)19-15-33-34(3)16-19/h5-16,25,37H,4H2,1-3H3. The average Bonchev–Trinajstić information content (AvgIpc) is 3.29. The van der Waals surface area contributed by atoms with Crippen molar-refractivity contribution in [3.63, 3.8) is 0 Å². The maximum Gasteiger partial charge on any atom is 0.416 e. The Kier molecular flexibility index (Phi) is 6.41. The number of benzene rings is 3. The number of halogens is 3. The van der Waals surface area contributed by atoms with Crippen molar-refractivity contribution in [2.24, 2.45) is 7.05 Å². The summed E-state index contributed by atoms with van der Waals surface area (Å²) in [5.74, 6) is -2.69. The molecule has 0 radical (unpaired) electrons. The summed E-state index contributed by atoms with van der Waals surface area (Å²) in [6, 6.07) is 14.4. The van der Waals surface area contributed by atoms with E-state index >= 15 is 0 Å². The lowest BCUT2D eigenvalue weighted by Crippen LogP contribution is -2.39. The van der Waals surface area contributed by atoms with Crippen LogP contribution in [0.4, 0.5) is 30.2 Å². The molecule has 0 bridgehead atoms. The van der Waals surface area contributed by atoms with Gasteiger partial charge in [-0.15, -0.1) is 0 Å². The first-order chi connectivity index (χ1) is 18.5. The molecule has 1 unspecified atom stereocenters. The molecule has 0 saturated heterocycles. The second-order valence-electron chi connectivity index (χ2n) is 9.36. The fourth-order valence-corrected chi connectivity index (χ4v) is 4.94. The Morgan fingerprint density at radius 1 is 0.974 bits per heavy atom. The minimum Gasteiger partial charge on any atom is -0.507 e. The third kappa shape index (κ3) is 4.52. The Balaban J connectivity index is 1.76. The third-order valence-electron chi connectivity index (χ3n) is 6.82. The summed E-state index contributed by atoms with van der Waals surface area (Å²) in [6.45, 7) is 3.47. The van der Waals surface area contributed by atoms with E-state index in [0.717, 1.165) is 12.1 Å². The summed E-state index contributed by atoms with van der Waals surface area (Å²) in [7, 11) is 1.72. The van der Waals surface area contributed by atoms with Gasteiger partial charge in [0, 0.05) is 36.6 Å². The highest BCUT2D eigenvalue weighted by atomic mass is 19.4. The topological polar surface area (TPSA) is 78.7 Å². The smallest absolute Gasteiger partial charge is 0.416 e. The zero-order valence-electron chi connectivity index (χ0n) is 21.4. The third-order valence-corrected chi connectivity index (χ3v) is 6.82. The minimum absolute atomic E-state index is 0.0226. The molecule has 39 heavy (non-hydrogen) atoms. The van der Waals surface area contributed by atoms with Crippen LogP contribution < -0.4 is 9.80 Å². The van der Waals surface area contributed by atoms with E-state index in [9.17, 15) is 27.9 Å². The van der Waals surface area contributed by atoms with Crippen LogP contribution in [0, 0.1) is 6.92 Å².